The van der Waals surface area contributed by atoms with E-state index in [-0.39, 0.29) is 0 Å². The Morgan fingerprint density at radius 2 is 1.86 bits per heavy atom. The van der Waals surface area contributed by atoms with Crippen LogP contribution < -0.4 is 4.74 Å². The minimum atomic E-state index is -2.78. The Morgan fingerprint density at radius 3 is 2.57 bits per heavy atom. The fourth-order valence-electron chi connectivity index (χ4n) is 3.26. The first kappa shape index (κ1) is 14.9. The molecule has 0 unspecified atom stereocenters. The number of rotatable bonds is 4. The Hall–Kier alpha value is -1.04. The average molecular weight is 312 g/mol. The molecule has 2 aliphatic rings. The van der Waals surface area contributed by atoms with Crippen molar-refractivity contribution in [1.82, 2.24) is 9.78 Å². The first-order valence-corrected chi connectivity index (χ1v) is 9.82. The Balaban J connectivity index is 1.49. The quantitative estimate of drug-likeness (QED) is 0.857. The second-order valence-corrected chi connectivity index (χ2v) is 8.66. The zero-order chi connectivity index (χ0) is 14.7. The summed E-state index contributed by atoms with van der Waals surface area (Å²) in [5, 5.41) is 4.42. The lowest BCUT2D eigenvalue weighted by molar-refractivity contribution is 0.237. The van der Waals surface area contributed by atoms with Crippen molar-refractivity contribution >= 4 is 9.84 Å². The standard InChI is InChI=1S/C15H24N2O3S/c18-21(19)8-6-13(7-9-21)12-20-15-10-16-17(11-15)14-4-2-1-3-5-14/h10-11,13-14H,1-9,12H2. The molecule has 2 fully saturated rings. The molecule has 1 aliphatic carbocycles. The highest BCUT2D eigenvalue weighted by Crippen LogP contribution is 2.29. The smallest absolute Gasteiger partial charge is 0.157 e. The van der Waals surface area contributed by atoms with Crippen molar-refractivity contribution in [3.63, 3.8) is 0 Å². The third kappa shape index (κ3) is 3.99. The predicted octanol–water partition coefficient (Wildman–Crippen LogP) is 2.59. The monoisotopic (exact) mass is 312 g/mol. The van der Waals surface area contributed by atoms with Gasteiger partial charge >= 0.3 is 0 Å². The first-order valence-electron chi connectivity index (χ1n) is 8.00. The van der Waals surface area contributed by atoms with Crippen LogP contribution in [-0.4, -0.2) is 36.3 Å². The maximum Gasteiger partial charge on any atom is 0.157 e. The minimum Gasteiger partial charge on any atom is -0.490 e. The molecule has 1 saturated carbocycles. The first-order chi connectivity index (χ1) is 10.1. The van der Waals surface area contributed by atoms with Gasteiger partial charge in [-0.15, -0.1) is 0 Å². The van der Waals surface area contributed by atoms with Crippen molar-refractivity contribution in [2.45, 2.75) is 51.0 Å². The van der Waals surface area contributed by atoms with Gasteiger partial charge in [0.15, 0.2) is 5.75 Å². The summed E-state index contributed by atoms with van der Waals surface area (Å²) in [7, 11) is -2.78. The number of hydrogen-bond acceptors (Lipinski definition) is 4. The Kier molecular flexibility index (Phi) is 4.52. The van der Waals surface area contributed by atoms with E-state index in [9.17, 15) is 8.42 Å². The molecule has 1 saturated heterocycles. The number of sulfone groups is 1. The molecule has 0 radical (unpaired) electrons. The van der Waals surface area contributed by atoms with E-state index in [2.05, 4.69) is 5.10 Å². The molecule has 6 heteroatoms. The van der Waals surface area contributed by atoms with Crippen LogP contribution in [0.1, 0.15) is 51.0 Å². The number of hydrogen-bond donors (Lipinski definition) is 0. The number of nitrogens with zero attached hydrogens (tertiary/aromatic N) is 2. The van der Waals surface area contributed by atoms with Gasteiger partial charge in [0, 0.05) is 0 Å². The zero-order valence-electron chi connectivity index (χ0n) is 12.4. The van der Waals surface area contributed by atoms with Crippen LogP contribution in [0, 0.1) is 5.92 Å². The van der Waals surface area contributed by atoms with E-state index >= 15 is 0 Å². The highest BCUT2D eigenvalue weighted by Gasteiger charge is 2.24. The van der Waals surface area contributed by atoms with Gasteiger partial charge < -0.3 is 4.74 Å². The van der Waals surface area contributed by atoms with Crippen LogP contribution in [0.5, 0.6) is 5.75 Å². The summed E-state index contributed by atoms with van der Waals surface area (Å²) in [6.45, 7) is 0.603. The maximum absolute atomic E-state index is 11.4. The van der Waals surface area contributed by atoms with E-state index in [0.29, 0.717) is 30.1 Å². The highest BCUT2D eigenvalue weighted by atomic mass is 32.2. The highest BCUT2D eigenvalue weighted by molar-refractivity contribution is 7.91. The Morgan fingerprint density at radius 1 is 1.14 bits per heavy atom. The third-order valence-electron chi connectivity index (χ3n) is 4.69. The summed E-state index contributed by atoms with van der Waals surface area (Å²) >= 11 is 0. The van der Waals surface area contributed by atoms with Crippen molar-refractivity contribution in [1.29, 1.82) is 0 Å². The number of aromatic nitrogens is 2. The predicted molar refractivity (Wildman–Crippen MR) is 81.2 cm³/mol. The van der Waals surface area contributed by atoms with Crippen molar-refractivity contribution in [2.24, 2.45) is 5.92 Å². The van der Waals surface area contributed by atoms with Crippen molar-refractivity contribution in [3.8, 4) is 5.75 Å². The zero-order valence-corrected chi connectivity index (χ0v) is 13.2. The Bertz CT molecular complexity index is 547. The topological polar surface area (TPSA) is 61.2 Å². The second-order valence-electron chi connectivity index (χ2n) is 6.35. The van der Waals surface area contributed by atoms with E-state index in [4.69, 9.17) is 4.74 Å². The summed E-state index contributed by atoms with van der Waals surface area (Å²) in [5.41, 5.74) is 0. The van der Waals surface area contributed by atoms with Crippen molar-refractivity contribution < 1.29 is 13.2 Å². The fourth-order valence-corrected chi connectivity index (χ4v) is 4.85. The molecule has 0 atom stereocenters. The lowest BCUT2D eigenvalue weighted by Gasteiger charge is -2.22. The lowest BCUT2D eigenvalue weighted by atomic mass is 9.96. The molecule has 0 N–H and O–H groups in total. The van der Waals surface area contributed by atoms with Crippen LogP contribution >= 0.6 is 0 Å². The molecule has 0 aromatic carbocycles. The molecule has 3 rings (SSSR count). The summed E-state index contributed by atoms with van der Waals surface area (Å²) in [4.78, 5) is 0. The van der Waals surface area contributed by atoms with Crippen LogP contribution in [0.15, 0.2) is 12.4 Å². The van der Waals surface area contributed by atoms with Crippen LogP contribution in [0.3, 0.4) is 0 Å². The Labute approximate surface area is 126 Å². The molecule has 118 valence electrons. The van der Waals surface area contributed by atoms with E-state index in [1.807, 2.05) is 10.9 Å². The van der Waals surface area contributed by atoms with Crippen LogP contribution in [0.2, 0.25) is 0 Å². The van der Waals surface area contributed by atoms with Gasteiger partial charge in [0.25, 0.3) is 0 Å². The maximum atomic E-state index is 11.4. The molecular formula is C15H24N2O3S. The molecule has 1 aliphatic heterocycles. The van der Waals surface area contributed by atoms with E-state index in [1.165, 1.54) is 32.1 Å². The minimum absolute atomic E-state index is 0.308. The molecule has 0 bridgehead atoms. The number of ether oxygens (including phenoxy) is 1. The van der Waals surface area contributed by atoms with Gasteiger partial charge in [0.2, 0.25) is 0 Å². The summed E-state index contributed by atoms with van der Waals surface area (Å²) in [6, 6.07) is 0.524. The van der Waals surface area contributed by atoms with Gasteiger partial charge in [-0.2, -0.15) is 5.10 Å². The van der Waals surface area contributed by atoms with Gasteiger partial charge in [-0.1, -0.05) is 19.3 Å². The molecule has 0 amide bonds. The molecule has 5 nitrogen and oxygen atoms in total. The molecule has 0 spiro atoms. The van der Waals surface area contributed by atoms with E-state index in [1.54, 1.807) is 6.20 Å². The fraction of sp³-hybridized carbons (Fsp3) is 0.800. The third-order valence-corrected chi connectivity index (χ3v) is 6.40. The van der Waals surface area contributed by atoms with E-state index in [0.717, 1.165) is 18.6 Å². The summed E-state index contributed by atoms with van der Waals surface area (Å²) in [5.74, 6) is 1.78. The summed E-state index contributed by atoms with van der Waals surface area (Å²) < 4.78 is 30.6. The van der Waals surface area contributed by atoms with Gasteiger partial charge in [-0.25, -0.2) is 8.42 Å². The van der Waals surface area contributed by atoms with Crippen LogP contribution in [-0.2, 0) is 9.84 Å². The van der Waals surface area contributed by atoms with Crippen molar-refractivity contribution in [2.75, 3.05) is 18.1 Å². The SMILES string of the molecule is O=S1(=O)CCC(COc2cnn(C3CCCCC3)c2)CC1. The van der Waals surface area contributed by atoms with Gasteiger partial charge in [0.05, 0.1) is 36.5 Å². The second kappa shape index (κ2) is 6.38. The largest absolute Gasteiger partial charge is 0.490 e. The van der Waals surface area contributed by atoms with Crippen molar-refractivity contribution in [3.05, 3.63) is 12.4 Å². The summed E-state index contributed by atoms with van der Waals surface area (Å²) in [6.07, 6.45) is 11.6. The lowest BCUT2D eigenvalue weighted by Crippen LogP contribution is -2.26. The van der Waals surface area contributed by atoms with Gasteiger partial charge in [-0.3, -0.25) is 4.68 Å². The van der Waals surface area contributed by atoms with Crippen LogP contribution in [0.25, 0.3) is 0 Å². The molecule has 1 aromatic heterocycles. The van der Waals surface area contributed by atoms with Gasteiger partial charge in [-0.05, 0) is 31.6 Å². The average Bonchev–Trinajstić information content (AvgIpc) is 2.96. The molecule has 1 aromatic rings. The molecular weight excluding hydrogens is 288 g/mol. The van der Waals surface area contributed by atoms with Crippen LogP contribution in [0.4, 0.5) is 0 Å². The van der Waals surface area contributed by atoms with E-state index < -0.39 is 9.84 Å². The molecule has 21 heavy (non-hydrogen) atoms. The normalized spacial score (nSPS) is 24.0. The van der Waals surface area contributed by atoms with Gasteiger partial charge in [0.1, 0.15) is 9.84 Å². The molecule has 2 heterocycles.